The molecular formula is C10H11FN2O2S. The van der Waals surface area contributed by atoms with Crippen molar-refractivity contribution in [1.29, 1.82) is 0 Å². The number of anilines is 1. The topological polar surface area (TPSA) is 50.4 Å². The van der Waals surface area contributed by atoms with E-state index in [1.54, 1.807) is 13.0 Å². The summed E-state index contributed by atoms with van der Waals surface area (Å²) < 4.78 is 17.3. The molecule has 0 aliphatic rings. The molecule has 0 atom stereocenters. The van der Waals surface area contributed by atoms with Crippen LogP contribution < -0.4 is 10.6 Å². The first kappa shape index (κ1) is 12.4. The summed E-state index contributed by atoms with van der Waals surface area (Å²) in [6.45, 7) is 1.79. The molecule has 0 saturated heterocycles. The fraction of sp³-hybridized carbons (Fsp3) is 0.200. The first-order valence-corrected chi connectivity index (χ1v) is 4.86. The molecule has 0 heterocycles. The molecule has 1 aromatic carbocycles. The van der Waals surface area contributed by atoms with Crippen molar-refractivity contribution in [2.75, 3.05) is 12.4 Å². The van der Waals surface area contributed by atoms with E-state index in [4.69, 9.17) is 12.2 Å². The molecule has 0 aromatic heterocycles. The number of rotatable bonds is 1. The van der Waals surface area contributed by atoms with Gasteiger partial charge in [0.15, 0.2) is 5.11 Å². The van der Waals surface area contributed by atoms with Crippen molar-refractivity contribution < 1.29 is 13.9 Å². The van der Waals surface area contributed by atoms with Gasteiger partial charge in [0.25, 0.3) is 0 Å². The fourth-order valence-corrected chi connectivity index (χ4v) is 1.22. The molecule has 0 aliphatic heterocycles. The third-order valence-corrected chi connectivity index (χ3v) is 2.05. The van der Waals surface area contributed by atoms with Crippen molar-refractivity contribution in [3.05, 3.63) is 29.6 Å². The van der Waals surface area contributed by atoms with Gasteiger partial charge < -0.3 is 10.1 Å². The third kappa shape index (κ3) is 3.47. The zero-order chi connectivity index (χ0) is 12.1. The van der Waals surface area contributed by atoms with Crippen LogP contribution in [0.1, 0.15) is 5.56 Å². The molecule has 0 aliphatic carbocycles. The first-order chi connectivity index (χ1) is 7.52. The van der Waals surface area contributed by atoms with Crippen LogP contribution in [0.15, 0.2) is 18.2 Å². The van der Waals surface area contributed by atoms with E-state index in [2.05, 4.69) is 15.4 Å². The zero-order valence-electron chi connectivity index (χ0n) is 8.83. The number of amides is 1. The minimum absolute atomic E-state index is 0.0561. The van der Waals surface area contributed by atoms with Gasteiger partial charge in [0.05, 0.1) is 7.11 Å². The van der Waals surface area contributed by atoms with Crippen molar-refractivity contribution in [2.24, 2.45) is 0 Å². The van der Waals surface area contributed by atoms with Gasteiger partial charge in [-0.25, -0.2) is 9.18 Å². The second kappa shape index (κ2) is 5.41. The van der Waals surface area contributed by atoms with Crippen molar-refractivity contribution >= 4 is 29.1 Å². The predicted octanol–water partition coefficient (Wildman–Crippen LogP) is 2.19. The summed E-state index contributed by atoms with van der Waals surface area (Å²) in [6, 6.07) is 4.25. The summed E-state index contributed by atoms with van der Waals surface area (Å²) in [7, 11) is 1.23. The Hall–Kier alpha value is -1.69. The smallest absolute Gasteiger partial charge is 0.413 e. The van der Waals surface area contributed by atoms with Gasteiger partial charge in [-0.15, -0.1) is 0 Å². The molecule has 6 heteroatoms. The number of nitrogens with one attached hydrogen (secondary N) is 2. The lowest BCUT2D eigenvalue weighted by molar-refractivity contribution is 0.177. The number of methoxy groups -OCH3 is 1. The molecule has 0 saturated carbocycles. The Morgan fingerprint density at radius 2 is 2.19 bits per heavy atom. The monoisotopic (exact) mass is 242 g/mol. The number of halogens is 1. The molecule has 0 bridgehead atoms. The summed E-state index contributed by atoms with van der Waals surface area (Å²) in [6.07, 6.45) is -0.674. The number of carbonyl (C=O) groups excluding carboxylic acids is 1. The van der Waals surface area contributed by atoms with Crippen molar-refractivity contribution in [3.63, 3.8) is 0 Å². The average molecular weight is 242 g/mol. The molecular weight excluding hydrogens is 231 g/mol. The van der Waals surface area contributed by atoms with Crippen LogP contribution in [-0.4, -0.2) is 18.3 Å². The largest absolute Gasteiger partial charge is 0.453 e. The molecule has 1 aromatic rings. The number of thiocarbonyl (C=S) groups is 1. The Balaban J connectivity index is 2.69. The van der Waals surface area contributed by atoms with Crippen molar-refractivity contribution in [3.8, 4) is 0 Å². The molecule has 1 amide bonds. The summed E-state index contributed by atoms with van der Waals surface area (Å²) >= 11 is 4.84. The minimum atomic E-state index is -0.674. The number of benzene rings is 1. The minimum Gasteiger partial charge on any atom is -0.453 e. The standard InChI is InChI=1S/C10H11FN2O2S/c1-6-3-4-7(11)5-8(6)12-9(16)13-10(14)15-2/h3-5H,1-2H3,(H2,12,13,14,16). The number of aryl methyl sites for hydroxylation is 1. The van der Waals surface area contributed by atoms with E-state index >= 15 is 0 Å². The van der Waals surface area contributed by atoms with E-state index in [1.165, 1.54) is 19.2 Å². The Bertz CT molecular complexity index is 423. The Morgan fingerprint density at radius 1 is 1.50 bits per heavy atom. The second-order valence-corrected chi connectivity index (χ2v) is 3.44. The Kier molecular flexibility index (Phi) is 4.19. The number of carbonyl (C=O) groups is 1. The molecule has 16 heavy (non-hydrogen) atoms. The molecule has 4 nitrogen and oxygen atoms in total. The van der Waals surface area contributed by atoms with Gasteiger partial charge in [-0.1, -0.05) is 6.07 Å². The number of hydrogen-bond acceptors (Lipinski definition) is 3. The molecule has 0 spiro atoms. The van der Waals surface area contributed by atoms with Crippen LogP contribution >= 0.6 is 12.2 Å². The lowest BCUT2D eigenvalue weighted by atomic mass is 10.2. The van der Waals surface area contributed by atoms with Gasteiger partial charge in [-0.3, -0.25) is 5.32 Å². The van der Waals surface area contributed by atoms with Crippen LogP contribution in [0.5, 0.6) is 0 Å². The van der Waals surface area contributed by atoms with Gasteiger partial charge in [0.2, 0.25) is 0 Å². The number of alkyl carbamates (subject to hydrolysis) is 1. The maximum absolute atomic E-state index is 12.9. The van der Waals surface area contributed by atoms with Crippen molar-refractivity contribution in [2.45, 2.75) is 6.92 Å². The van der Waals surface area contributed by atoms with Crippen LogP contribution in [-0.2, 0) is 4.74 Å². The molecule has 1 rings (SSSR count). The summed E-state index contributed by atoms with van der Waals surface area (Å²) in [5.74, 6) is -0.381. The van der Waals surface area contributed by atoms with Crippen LogP contribution in [0.4, 0.5) is 14.9 Å². The highest BCUT2D eigenvalue weighted by atomic mass is 32.1. The fourth-order valence-electron chi connectivity index (χ4n) is 1.03. The number of ether oxygens (including phenoxy) is 1. The van der Waals surface area contributed by atoms with E-state index in [0.717, 1.165) is 5.56 Å². The average Bonchev–Trinajstić information content (AvgIpc) is 2.23. The van der Waals surface area contributed by atoms with Crippen molar-refractivity contribution in [1.82, 2.24) is 5.32 Å². The summed E-state index contributed by atoms with van der Waals surface area (Å²) in [5, 5.41) is 5.01. The van der Waals surface area contributed by atoms with Crippen LogP contribution in [0.3, 0.4) is 0 Å². The quantitative estimate of drug-likeness (QED) is 0.741. The molecule has 86 valence electrons. The summed E-state index contributed by atoms with van der Waals surface area (Å²) in [5.41, 5.74) is 1.32. The normalized spacial score (nSPS) is 9.44. The van der Waals surface area contributed by atoms with E-state index < -0.39 is 6.09 Å². The Morgan fingerprint density at radius 3 is 2.81 bits per heavy atom. The number of hydrogen-bond donors (Lipinski definition) is 2. The molecule has 0 unspecified atom stereocenters. The van der Waals surface area contributed by atoms with Gasteiger partial charge in [0.1, 0.15) is 5.82 Å². The van der Waals surface area contributed by atoms with Crippen LogP contribution in [0.25, 0.3) is 0 Å². The molecule has 0 radical (unpaired) electrons. The van der Waals surface area contributed by atoms with Crippen LogP contribution in [0.2, 0.25) is 0 Å². The van der Waals surface area contributed by atoms with E-state index in [0.29, 0.717) is 5.69 Å². The third-order valence-electron chi connectivity index (χ3n) is 1.85. The Labute approximate surface area is 97.8 Å². The second-order valence-electron chi connectivity index (χ2n) is 3.03. The van der Waals surface area contributed by atoms with E-state index in [-0.39, 0.29) is 10.9 Å². The zero-order valence-corrected chi connectivity index (χ0v) is 9.65. The lowest BCUT2D eigenvalue weighted by Crippen LogP contribution is -2.34. The first-order valence-electron chi connectivity index (χ1n) is 4.45. The van der Waals surface area contributed by atoms with E-state index in [9.17, 15) is 9.18 Å². The predicted molar refractivity (Wildman–Crippen MR) is 62.9 cm³/mol. The molecule has 2 N–H and O–H groups in total. The highest BCUT2D eigenvalue weighted by Crippen LogP contribution is 2.15. The maximum Gasteiger partial charge on any atom is 0.413 e. The summed E-state index contributed by atoms with van der Waals surface area (Å²) in [4.78, 5) is 10.8. The van der Waals surface area contributed by atoms with E-state index in [1.807, 2.05) is 0 Å². The van der Waals surface area contributed by atoms with Gasteiger partial charge in [-0.05, 0) is 36.8 Å². The van der Waals surface area contributed by atoms with Gasteiger partial charge in [0, 0.05) is 5.69 Å². The highest BCUT2D eigenvalue weighted by molar-refractivity contribution is 7.80. The SMILES string of the molecule is COC(=O)NC(=S)Nc1cc(F)ccc1C. The lowest BCUT2D eigenvalue weighted by Gasteiger charge is -2.10. The maximum atomic E-state index is 12.9. The highest BCUT2D eigenvalue weighted by Gasteiger charge is 2.06. The van der Waals surface area contributed by atoms with Crippen LogP contribution in [0, 0.1) is 12.7 Å². The van der Waals surface area contributed by atoms with Gasteiger partial charge in [-0.2, -0.15) is 0 Å². The molecule has 0 fully saturated rings. The van der Waals surface area contributed by atoms with Gasteiger partial charge >= 0.3 is 6.09 Å².